The number of ketones is 1. The summed E-state index contributed by atoms with van der Waals surface area (Å²) in [7, 11) is 0. The van der Waals surface area contributed by atoms with Gasteiger partial charge in [0.05, 0.1) is 0 Å². The van der Waals surface area contributed by atoms with E-state index < -0.39 is 12.0 Å². The first-order valence-corrected chi connectivity index (χ1v) is 2.59. The molecule has 9 heavy (non-hydrogen) atoms. The van der Waals surface area contributed by atoms with Crippen molar-refractivity contribution in [2.45, 2.75) is 12.6 Å². The van der Waals surface area contributed by atoms with E-state index >= 15 is 0 Å². The number of alkyl halides is 1. The number of terminal acetylenes is 1. The Labute approximate surface area is 52.6 Å². The van der Waals surface area contributed by atoms with Crippen molar-refractivity contribution in [3.05, 3.63) is 11.6 Å². The van der Waals surface area contributed by atoms with Gasteiger partial charge in [-0.25, -0.2) is 4.39 Å². The lowest BCUT2D eigenvalue weighted by molar-refractivity contribution is -0.118. The molecule has 0 aliphatic heterocycles. The first-order valence-electron chi connectivity index (χ1n) is 2.59. The predicted octanol–water partition coefficient (Wildman–Crippen LogP) is 0.857. The fourth-order valence-corrected chi connectivity index (χ4v) is 0.715. The van der Waals surface area contributed by atoms with Gasteiger partial charge in [0.25, 0.3) is 0 Å². The normalized spacial score (nSPS) is 25.6. The standard InChI is InChI=1S/C7H5FO/c1-2-5-3-6(8)7(9)4-5/h1,4,6H,3H2. The summed E-state index contributed by atoms with van der Waals surface area (Å²) in [6, 6.07) is 0. The van der Waals surface area contributed by atoms with Gasteiger partial charge in [0.15, 0.2) is 12.0 Å². The molecule has 0 aromatic rings. The third-order valence-electron chi connectivity index (χ3n) is 1.21. The van der Waals surface area contributed by atoms with Crippen molar-refractivity contribution < 1.29 is 9.18 Å². The van der Waals surface area contributed by atoms with Crippen molar-refractivity contribution in [2.24, 2.45) is 0 Å². The summed E-state index contributed by atoms with van der Waals surface area (Å²) >= 11 is 0. The maximum atomic E-state index is 12.3. The monoisotopic (exact) mass is 124 g/mol. The van der Waals surface area contributed by atoms with Gasteiger partial charge in [-0.15, -0.1) is 6.42 Å². The molecule has 1 rings (SSSR count). The maximum Gasteiger partial charge on any atom is 0.191 e. The maximum absolute atomic E-state index is 12.3. The van der Waals surface area contributed by atoms with Crippen molar-refractivity contribution >= 4 is 5.78 Å². The van der Waals surface area contributed by atoms with Gasteiger partial charge in [-0.3, -0.25) is 4.79 Å². The van der Waals surface area contributed by atoms with Crippen LogP contribution in [0.15, 0.2) is 11.6 Å². The number of carbonyl (C=O) groups is 1. The van der Waals surface area contributed by atoms with E-state index in [0.717, 1.165) is 0 Å². The molecule has 0 radical (unpaired) electrons. The third-order valence-corrected chi connectivity index (χ3v) is 1.21. The van der Waals surface area contributed by atoms with Crippen LogP contribution in [0.4, 0.5) is 4.39 Å². The number of carbonyl (C=O) groups excluding carboxylic acids is 1. The van der Waals surface area contributed by atoms with Crippen LogP contribution in [0, 0.1) is 12.3 Å². The lowest BCUT2D eigenvalue weighted by atomic mass is 10.2. The summed E-state index contributed by atoms with van der Waals surface area (Å²) in [5.41, 5.74) is 0.465. The molecule has 0 heterocycles. The van der Waals surface area contributed by atoms with E-state index in [1.165, 1.54) is 6.08 Å². The van der Waals surface area contributed by atoms with E-state index in [4.69, 9.17) is 6.42 Å². The van der Waals surface area contributed by atoms with Crippen molar-refractivity contribution in [1.82, 2.24) is 0 Å². The molecule has 1 aliphatic rings. The summed E-state index contributed by atoms with van der Waals surface area (Å²) in [5.74, 6) is 1.73. The van der Waals surface area contributed by atoms with Crippen LogP contribution in [0.5, 0.6) is 0 Å². The number of hydrogen-bond acceptors (Lipinski definition) is 1. The van der Waals surface area contributed by atoms with Gasteiger partial charge in [-0.1, -0.05) is 5.92 Å². The predicted molar refractivity (Wildman–Crippen MR) is 31.4 cm³/mol. The van der Waals surface area contributed by atoms with Crippen LogP contribution in [0.3, 0.4) is 0 Å². The third kappa shape index (κ3) is 0.996. The van der Waals surface area contributed by atoms with E-state index in [1.54, 1.807) is 0 Å². The Morgan fingerprint density at radius 3 is 2.78 bits per heavy atom. The molecular weight excluding hydrogens is 119 g/mol. The van der Waals surface area contributed by atoms with Crippen LogP contribution >= 0.6 is 0 Å². The fourth-order valence-electron chi connectivity index (χ4n) is 0.715. The Balaban J connectivity index is 2.77. The molecular formula is C7H5FO. The largest absolute Gasteiger partial charge is 0.292 e. The molecule has 1 atom stereocenters. The van der Waals surface area contributed by atoms with Crippen LogP contribution in [0.2, 0.25) is 0 Å². The number of rotatable bonds is 0. The van der Waals surface area contributed by atoms with Crippen LogP contribution in [-0.4, -0.2) is 12.0 Å². The summed E-state index contributed by atoms with van der Waals surface area (Å²) in [4.78, 5) is 10.4. The highest BCUT2D eigenvalue weighted by Gasteiger charge is 2.22. The summed E-state index contributed by atoms with van der Waals surface area (Å²) in [5, 5.41) is 0. The van der Waals surface area contributed by atoms with Gasteiger partial charge in [0, 0.05) is 12.0 Å². The molecule has 1 aliphatic carbocycles. The Hall–Kier alpha value is -1.10. The van der Waals surface area contributed by atoms with Crippen LogP contribution in [0.1, 0.15) is 6.42 Å². The first kappa shape index (κ1) is 6.03. The average Bonchev–Trinajstić information content (AvgIpc) is 2.13. The first-order chi connectivity index (χ1) is 4.24. The zero-order valence-electron chi connectivity index (χ0n) is 4.73. The fraction of sp³-hybridized carbons (Fsp3) is 0.286. The Kier molecular flexibility index (Phi) is 1.35. The lowest BCUT2D eigenvalue weighted by Gasteiger charge is -1.89. The van der Waals surface area contributed by atoms with E-state index in [0.29, 0.717) is 5.57 Å². The average molecular weight is 124 g/mol. The van der Waals surface area contributed by atoms with Crippen LogP contribution in [0.25, 0.3) is 0 Å². The zero-order chi connectivity index (χ0) is 6.85. The molecule has 2 heteroatoms. The number of allylic oxidation sites excluding steroid dienone is 2. The second-order valence-electron chi connectivity index (χ2n) is 1.89. The molecule has 46 valence electrons. The van der Waals surface area contributed by atoms with Gasteiger partial charge in [-0.2, -0.15) is 0 Å². The quantitative estimate of drug-likeness (QED) is 0.437. The molecule has 0 N–H and O–H groups in total. The van der Waals surface area contributed by atoms with Gasteiger partial charge >= 0.3 is 0 Å². The molecule has 0 aromatic heterocycles. The molecule has 0 bridgehead atoms. The summed E-state index contributed by atoms with van der Waals surface area (Å²) in [6.45, 7) is 0. The number of halogens is 1. The Morgan fingerprint density at radius 2 is 2.56 bits per heavy atom. The van der Waals surface area contributed by atoms with Crippen molar-refractivity contribution in [3.8, 4) is 12.3 Å². The van der Waals surface area contributed by atoms with E-state index in [2.05, 4.69) is 5.92 Å². The minimum atomic E-state index is -1.38. The molecule has 0 amide bonds. The smallest absolute Gasteiger partial charge is 0.191 e. The molecule has 1 unspecified atom stereocenters. The SMILES string of the molecule is C#CC1=CC(=O)C(F)C1. The van der Waals surface area contributed by atoms with Crippen molar-refractivity contribution in [3.63, 3.8) is 0 Å². The second kappa shape index (κ2) is 2.02. The zero-order valence-corrected chi connectivity index (χ0v) is 4.73. The van der Waals surface area contributed by atoms with Gasteiger partial charge in [0.2, 0.25) is 0 Å². The molecule has 1 nitrogen and oxygen atoms in total. The minimum Gasteiger partial charge on any atom is -0.292 e. The van der Waals surface area contributed by atoms with Crippen molar-refractivity contribution in [1.29, 1.82) is 0 Å². The van der Waals surface area contributed by atoms with Gasteiger partial charge < -0.3 is 0 Å². The van der Waals surface area contributed by atoms with E-state index in [9.17, 15) is 9.18 Å². The number of hydrogen-bond donors (Lipinski definition) is 0. The Morgan fingerprint density at radius 1 is 1.89 bits per heavy atom. The van der Waals surface area contributed by atoms with Crippen LogP contribution < -0.4 is 0 Å². The molecule has 0 spiro atoms. The summed E-state index contributed by atoms with van der Waals surface area (Å²) in [6.07, 6.45) is 4.82. The molecule has 0 aromatic carbocycles. The lowest BCUT2D eigenvalue weighted by Crippen LogP contribution is -2.04. The van der Waals surface area contributed by atoms with Gasteiger partial charge in [-0.05, 0) is 6.08 Å². The topological polar surface area (TPSA) is 17.1 Å². The molecule has 0 fully saturated rings. The highest BCUT2D eigenvalue weighted by molar-refractivity contribution is 5.97. The van der Waals surface area contributed by atoms with Crippen LogP contribution in [-0.2, 0) is 4.79 Å². The molecule has 0 saturated carbocycles. The second-order valence-corrected chi connectivity index (χ2v) is 1.89. The highest BCUT2D eigenvalue weighted by Crippen LogP contribution is 2.16. The van der Waals surface area contributed by atoms with Gasteiger partial charge in [0.1, 0.15) is 0 Å². The van der Waals surface area contributed by atoms with Crippen molar-refractivity contribution in [2.75, 3.05) is 0 Å². The summed E-state index contributed by atoms with van der Waals surface area (Å²) < 4.78 is 12.3. The van der Waals surface area contributed by atoms with E-state index in [1.807, 2.05) is 0 Å². The minimum absolute atomic E-state index is 0.0926. The Bertz CT molecular complexity index is 209. The highest BCUT2D eigenvalue weighted by atomic mass is 19.1. The van der Waals surface area contributed by atoms with E-state index in [-0.39, 0.29) is 6.42 Å². The molecule has 0 saturated heterocycles.